The molecular formula is C13H19N3O4S. The molecule has 1 saturated carbocycles. The Morgan fingerprint density at radius 3 is 2.71 bits per heavy atom. The lowest BCUT2D eigenvalue weighted by atomic mass is 10.2. The van der Waals surface area contributed by atoms with Crippen LogP contribution < -0.4 is 10.0 Å². The maximum Gasteiger partial charge on any atom is 0.270 e. The lowest BCUT2D eigenvalue weighted by Gasteiger charge is -2.11. The number of hydrogen-bond acceptors (Lipinski definition) is 5. The number of sulfonamides is 1. The SMILES string of the molecule is CCCC1CC1NS(=O)(=O)c1cc([N+](=O)[O-])ccc1NC. The van der Waals surface area contributed by atoms with Crippen LogP contribution in [0.4, 0.5) is 11.4 Å². The van der Waals surface area contributed by atoms with Gasteiger partial charge in [-0.3, -0.25) is 10.1 Å². The Bertz CT molecular complexity index is 645. The van der Waals surface area contributed by atoms with Crippen molar-refractivity contribution in [3.63, 3.8) is 0 Å². The van der Waals surface area contributed by atoms with E-state index in [0.717, 1.165) is 25.3 Å². The zero-order chi connectivity index (χ0) is 15.6. The second-order valence-corrected chi connectivity index (χ2v) is 6.88. The molecule has 0 bridgehead atoms. The van der Waals surface area contributed by atoms with E-state index >= 15 is 0 Å². The van der Waals surface area contributed by atoms with E-state index in [1.807, 2.05) is 0 Å². The molecule has 21 heavy (non-hydrogen) atoms. The zero-order valence-corrected chi connectivity index (χ0v) is 12.8. The summed E-state index contributed by atoms with van der Waals surface area (Å²) in [6.45, 7) is 2.06. The first-order chi connectivity index (χ1) is 9.89. The molecule has 0 amide bonds. The third-order valence-electron chi connectivity index (χ3n) is 3.62. The monoisotopic (exact) mass is 313 g/mol. The highest BCUT2D eigenvalue weighted by Crippen LogP contribution is 2.36. The maximum absolute atomic E-state index is 12.4. The van der Waals surface area contributed by atoms with Crippen molar-refractivity contribution in [1.82, 2.24) is 4.72 Å². The summed E-state index contributed by atoms with van der Waals surface area (Å²) < 4.78 is 27.5. The molecule has 0 aliphatic heterocycles. The molecule has 1 aliphatic carbocycles. The first-order valence-corrected chi connectivity index (χ1v) is 8.36. The number of anilines is 1. The quantitative estimate of drug-likeness (QED) is 0.593. The number of nitro groups is 1. The van der Waals surface area contributed by atoms with Crippen LogP contribution in [-0.2, 0) is 10.0 Å². The number of nitrogens with zero attached hydrogens (tertiary/aromatic N) is 1. The van der Waals surface area contributed by atoms with E-state index in [-0.39, 0.29) is 16.6 Å². The average Bonchev–Trinajstić information content (AvgIpc) is 3.15. The summed E-state index contributed by atoms with van der Waals surface area (Å²) in [5, 5.41) is 13.6. The highest BCUT2D eigenvalue weighted by molar-refractivity contribution is 7.89. The van der Waals surface area contributed by atoms with Crippen molar-refractivity contribution in [2.45, 2.75) is 37.1 Å². The van der Waals surface area contributed by atoms with Crippen LogP contribution in [0, 0.1) is 16.0 Å². The van der Waals surface area contributed by atoms with E-state index < -0.39 is 14.9 Å². The molecule has 1 aromatic carbocycles. The van der Waals surface area contributed by atoms with Crippen LogP contribution in [0.25, 0.3) is 0 Å². The molecule has 7 nitrogen and oxygen atoms in total. The Hall–Kier alpha value is -1.67. The van der Waals surface area contributed by atoms with Gasteiger partial charge in [-0.25, -0.2) is 13.1 Å². The molecule has 0 aromatic heterocycles. The van der Waals surface area contributed by atoms with Crippen LogP contribution in [-0.4, -0.2) is 26.4 Å². The molecule has 0 saturated heterocycles. The van der Waals surface area contributed by atoms with Gasteiger partial charge in [0.15, 0.2) is 0 Å². The molecule has 0 spiro atoms. The van der Waals surface area contributed by atoms with Crippen LogP contribution in [0.3, 0.4) is 0 Å². The third-order valence-corrected chi connectivity index (χ3v) is 5.15. The molecule has 1 fully saturated rings. The van der Waals surface area contributed by atoms with Crippen molar-refractivity contribution in [3.05, 3.63) is 28.3 Å². The predicted molar refractivity (Wildman–Crippen MR) is 79.8 cm³/mol. The summed E-state index contributed by atoms with van der Waals surface area (Å²) >= 11 is 0. The van der Waals surface area contributed by atoms with Gasteiger partial charge in [-0.1, -0.05) is 13.3 Å². The highest BCUT2D eigenvalue weighted by atomic mass is 32.2. The Balaban J connectivity index is 2.26. The number of nitro benzene ring substituents is 1. The van der Waals surface area contributed by atoms with Gasteiger partial charge in [0.2, 0.25) is 10.0 Å². The second-order valence-electron chi connectivity index (χ2n) is 5.20. The Morgan fingerprint density at radius 1 is 1.43 bits per heavy atom. The Labute approximate surface area is 123 Å². The van der Waals surface area contributed by atoms with Crippen LogP contribution in [0.1, 0.15) is 26.2 Å². The van der Waals surface area contributed by atoms with Crippen molar-refractivity contribution >= 4 is 21.4 Å². The molecule has 2 atom stereocenters. The van der Waals surface area contributed by atoms with Gasteiger partial charge >= 0.3 is 0 Å². The molecule has 2 N–H and O–H groups in total. The molecule has 2 rings (SSSR count). The summed E-state index contributed by atoms with van der Waals surface area (Å²) in [7, 11) is -2.18. The molecule has 2 unspecified atom stereocenters. The molecule has 1 aromatic rings. The summed E-state index contributed by atoms with van der Waals surface area (Å²) in [6, 6.07) is 3.72. The van der Waals surface area contributed by atoms with Crippen molar-refractivity contribution in [2.24, 2.45) is 5.92 Å². The van der Waals surface area contributed by atoms with E-state index in [9.17, 15) is 18.5 Å². The molecule has 8 heteroatoms. The van der Waals surface area contributed by atoms with Crippen molar-refractivity contribution in [3.8, 4) is 0 Å². The largest absolute Gasteiger partial charge is 0.387 e. The van der Waals surface area contributed by atoms with Crippen molar-refractivity contribution in [2.75, 3.05) is 12.4 Å². The summed E-state index contributed by atoms with van der Waals surface area (Å²) in [4.78, 5) is 10.1. The van der Waals surface area contributed by atoms with E-state index in [4.69, 9.17) is 0 Å². The van der Waals surface area contributed by atoms with Gasteiger partial charge in [-0.2, -0.15) is 0 Å². The van der Waals surface area contributed by atoms with Crippen LogP contribution >= 0.6 is 0 Å². The lowest BCUT2D eigenvalue weighted by Crippen LogP contribution is -2.27. The number of nitrogens with one attached hydrogen (secondary N) is 2. The molecule has 1 aliphatic rings. The van der Waals surface area contributed by atoms with E-state index in [1.54, 1.807) is 7.05 Å². The highest BCUT2D eigenvalue weighted by Gasteiger charge is 2.39. The van der Waals surface area contributed by atoms with Gasteiger partial charge < -0.3 is 5.32 Å². The van der Waals surface area contributed by atoms with Crippen molar-refractivity contribution in [1.29, 1.82) is 0 Å². The van der Waals surface area contributed by atoms with Gasteiger partial charge in [0.1, 0.15) is 4.90 Å². The Morgan fingerprint density at radius 2 is 2.14 bits per heavy atom. The summed E-state index contributed by atoms with van der Waals surface area (Å²) in [6.07, 6.45) is 2.83. The second kappa shape index (κ2) is 5.98. The van der Waals surface area contributed by atoms with Crippen LogP contribution in [0.15, 0.2) is 23.1 Å². The van der Waals surface area contributed by atoms with Gasteiger partial charge in [0.05, 0.1) is 10.6 Å². The van der Waals surface area contributed by atoms with Crippen molar-refractivity contribution < 1.29 is 13.3 Å². The topological polar surface area (TPSA) is 101 Å². The van der Waals surface area contributed by atoms with E-state index in [0.29, 0.717) is 11.6 Å². The average molecular weight is 313 g/mol. The standard InChI is InChI=1S/C13H19N3O4S/c1-3-4-9-7-12(9)15-21(19,20)13-8-10(16(17)18)5-6-11(13)14-2/h5-6,8-9,12,14-15H,3-4,7H2,1-2H3. The van der Waals surface area contributed by atoms with E-state index in [2.05, 4.69) is 17.0 Å². The van der Waals surface area contributed by atoms with Gasteiger partial charge in [-0.15, -0.1) is 0 Å². The normalized spacial score (nSPS) is 21.0. The van der Waals surface area contributed by atoms with Gasteiger partial charge in [-0.05, 0) is 24.8 Å². The fourth-order valence-corrected chi connectivity index (χ4v) is 3.95. The Kier molecular flexibility index (Phi) is 4.48. The molecule has 116 valence electrons. The fraction of sp³-hybridized carbons (Fsp3) is 0.538. The number of rotatable bonds is 7. The van der Waals surface area contributed by atoms with E-state index in [1.165, 1.54) is 12.1 Å². The first-order valence-electron chi connectivity index (χ1n) is 6.87. The minimum absolute atomic E-state index is 0.0566. The zero-order valence-electron chi connectivity index (χ0n) is 12.0. The third kappa shape index (κ3) is 3.51. The molecular weight excluding hydrogens is 294 g/mol. The van der Waals surface area contributed by atoms with Crippen LogP contribution in [0.2, 0.25) is 0 Å². The number of benzene rings is 1. The fourth-order valence-electron chi connectivity index (χ4n) is 2.40. The first kappa shape index (κ1) is 15.7. The predicted octanol–water partition coefficient (Wildman–Crippen LogP) is 2.10. The summed E-state index contributed by atoms with van der Waals surface area (Å²) in [5.74, 6) is 0.376. The van der Waals surface area contributed by atoms with Gasteiger partial charge in [0, 0.05) is 25.2 Å². The lowest BCUT2D eigenvalue weighted by molar-refractivity contribution is -0.385. The smallest absolute Gasteiger partial charge is 0.270 e. The number of non-ortho nitro benzene ring substituents is 1. The maximum atomic E-state index is 12.4. The number of hydrogen-bond donors (Lipinski definition) is 2. The molecule has 0 heterocycles. The van der Waals surface area contributed by atoms with Crippen LogP contribution in [0.5, 0.6) is 0 Å². The summed E-state index contributed by atoms with van der Waals surface area (Å²) in [5.41, 5.74) is 0.107. The molecule has 0 radical (unpaired) electrons. The van der Waals surface area contributed by atoms with Gasteiger partial charge in [0.25, 0.3) is 5.69 Å². The minimum atomic E-state index is -3.76. The minimum Gasteiger partial charge on any atom is -0.387 e.